The molecule has 5 rings (SSSR count). The van der Waals surface area contributed by atoms with E-state index in [2.05, 4.69) is 24.1 Å². The third-order valence-corrected chi connectivity index (χ3v) is 7.49. The highest BCUT2D eigenvalue weighted by atomic mass is 15.2. The van der Waals surface area contributed by atoms with E-state index in [0.717, 1.165) is 29.8 Å². The summed E-state index contributed by atoms with van der Waals surface area (Å²) in [6.07, 6.45) is 12.1. The Morgan fingerprint density at radius 1 is 0.952 bits per heavy atom. The van der Waals surface area contributed by atoms with Crippen LogP contribution in [0.2, 0.25) is 0 Å². The first-order valence-corrected chi connectivity index (χ1v) is 9.62. The molecule has 1 N–H and O–H groups in total. The molecule has 0 spiro atoms. The highest BCUT2D eigenvalue weighted by molar-refractivity contribution is 5.05. The molecule has 21 heavy (non-hydrogen) atoms. The van der Waals surface area contributed by atoms with E-state index in [-0.39, 0.29) is 0 Å². The molecular formula is C19H34N2. The van der Waals surface area contributed by atoms with Crippen molar-refractivity contribution in [2.45, 2.75) is 77.3 Å². The van der Waals surface area contributed by atoms with Gasteiger partial charge < -0.3 is 5.32 Å². The van der Waals surface area contributed by atoms with Crippen molar-refractivity contribution in [2.75, 3.05) is 19.6 Å². The number of nitrogens with zero attached hydrogens (tertiary/aromatic N) is 1. The first-order valence-electron chi connectivity index (χ1n) is 9.62. The number of hydrogen-bond donors (Lipinski definition) is 1. The van der Waals surface area contributed by atoms with Crippen molar-refractivity contribution in [3.05, 3.63) is 0 Å². The third kappa shape index (κ3) is 2.67. The Bertz CT molecular complexity index is 336. The fraction of sp³-hybridized carbons (Fsp3) is 1.00. The fourth-order valence-corrected chi connectivity index (χ4v) is 6.58. The monoisotopic (exact) mass is 290 g/mol. The Morgan fingerprint density at radius 3 is 2.00 bits per heavy atom. The van der Waals surface area contributed by atoms with Crippen LogP contribution in [0.25, 0.3) is 0 Å². The van der Waals surface area contributed by atoms with Gasteiger partial charge in [0.25, 0.3) is 0 Å². The maximum absolute atomic E-state index is 3.97. The van der Waals surface area contributed by atoms with Gasteiger partial charge in [0.05, 0.1) is 0 Å². The topological polar surface area (TPSA) is 15.3 Å². The molecule has 120 valence electrons. The van der Waals surface area contributed by atoms with Crippen LogP contribution in [0.1, 0.15) is 65.2 Å². The molecular weight excluding hydrogens is 256 g/mol. The van der Waals surface area contributed by atoms with E-state index >= 15 is 0 Å². The van der Waals surface area contributed by atoms with Gasteiger partial charge in [-0.25, -0.2) is 0 Å². The van der Waals surface area contributed by atoms with Gasteiger partial charge in [-0.05, 0) is 101 Å². The lowest BCUT2D eigenvalue weighted by Crippen LogP contribution is -2.56. The summed E-state index contributed by atoms with van der Waals surface area (Å²) >= 11 is 0. The molecule has 5 aliphatic rings. The molecule has 0 amide bonds. The van der Waals surface area contributed by atoms with Crippen molar-refractivity contribution < 1.29 is 0 Å². The summed E-state index contributed by atoms with van der Waals surface area (Å²) in [4.78, 5) is 2.68. The van der Waals surface area contributed by atoms with E-state index in [1.165, 1.54) is 51.7 Å². The molecule has 2 atom stereocenters. The van der Waals surface area contributed by atoms with Crippen molar-refractivity contribution >= 4 is 0 Å². The highest BCUT2D eigenvalue weighted by Gasteiger charge is 2.52. The zero-order valence-electron chi connectivity index (χ0n) is 14.1. The second kappa shape index (κ2) is 5.53. The maximum atomic E-state index is 3.97. The van der Waals surface area contributed by atoms with Gasteiger partial charge in [-0.3, -0.25) is 4.90 Å². The average molecular weight is 290 g/mol. The largest absolute Gasteiger partial charge is 0.312 e. The molecule has 2 unspecified atom stereocenters. The van der Waals surface area contributed by atoms with Gasteiger partial charge in [-0.15, -0.1) is 0 Å². The first kappa shape index (κ1) is 14.5. The lowest BCUT2D eigenvalue weighted by Gasteiger charge is -2.59. The average Bonchev–Trinajstić information content (AvgIpc) is 2.97. The molecule has 4 aliphatic carbocycles. The van der Waals surface area contributed by atoms with Gasteiger partial charge in [-0.2, -0.15) is 0 Å². The van der Waals surface area contributed by atoms with Gasteiger partial charge in [0.15, 0.2) is 0 Å². The Morgan fingerprint density at radius 2 is 1.48 bits per heavy atom. The zero-order valence-corrected chi connectivity index (χ0v) is 14.1. The normalized spacial score (nSPS) is 45.1. The summed E-state index contributed by atoms with van der Waals surface area (Å²) in [6.45, 7) is 8.78. The number of hydrogen-bond acceptors (Lipinski definition) is 2. The van der Waals surface area contributed by atoms with Crippen LogP contribution < -0.4 is 5.32 Å². The maximum Gasteiger partial charge on any atom is 0.0192 e. The van der Waals surface area contributed by atoms with Crippen molar-refractivity contribution in [3.63, 3.8) is 0 Å². The standard InChI is InChI=1S/C19H34N2/c1-14(21-5-3-4-6-21)13-20-15(2)19-10-16-7-17(11-19)9-18(8-16)12-19/h14-18,20H,3-13H2,1-2H3. The van der Waals surface area contributed by atoms with Crippen LogP contribution in [0.5, 0.6) is 0 Å². The predicted octanol–water partition coefficient (Wildman–Crippen LogP) is 3.67. The van der Waals surface area contributed by atoms with Crippen LogP contribution in [0.3, 0.4) is 0 Å². The van der Waals surface area contributed by atoms with Crippen molar-refractivity contribution in [3.8, 4) is 0 Å². The number of nitrogens with one attached hydrogen (secondary N) is 1. The van der Waals surface area contributed by atoms with Crippen LogP contribution in [0.4, 0.5) is 0 Å². The molecule has 1 heterocycles. The van der Waals surface area contributed by atoms with Crippen LogP contribution >= 0.6 is 0 Å². The Kier molecular flexibility index (Phi) is 3.82. The van der Waals surface area contributed by atoms with E-state index < -0.39 is 0 Å². The minimum Gasteiger partial charge on any atom is -0.312 e. The molecule has 1 saturated heterocycles. The lowest BCUT2D eigenvalue weighted by molar-refractivity contribution is -0.0709. The molecule has 4 saturated carbocycles. The van der Waals surface area contributed by atoms with E-state index in [1.807, 2.05) is 0 Å². The Hall–Kier alpha value is -0.0800. The van der Waals surface area contributed by atoms with Gasteiger partial charge in [0, 0.05) is 18.6 Å². The number of rotatable bonds is 5. The summed E-state index contributed by atoms with van der Waals surface area (Å²) in [5, 5.41) is 3.97. The second-order valence-corrected chi connectivity index (χ2v) is 9.00. The Balaban J connectivity index is 1.35. The highest BCUT2D eigenvalue weighted by Crippen LogP contribution is 2.61. The molecule has 1 aliphatic heterocycles. The zero-order chi connectivity index (χ0) is 14.4. The number of likely N-dealkylation sites (tertiary alicyclic amines) is 1. The van der Waals surface area contributed by atoms with E-state index in [0.29, 0.717) is 5.41 Å². The minimum atomic E-state index is 0.666. The lowest BCUT2D eigenvalue weighted by atomic mass is 9.48. The van der Waals surface area contributed by atoms with Gasteiger partial charge in [0.2, 0.25) is 0 Å². The van der Waals surface area contributed by atoms with Crippen LogP contribution in [0, 0.1) is 23.2 Å². The van der Waals surface area contributed by atoms with Crippen molar-refractivity contribution in [1.29, 1.82) is 0 Å². The second-order valence-electron chi connectivity index (χ2n) is 9.00. The molecule has 0 aromatic carbocycles. The molecule has 0 aromatic rings. The summed E-state index contributed by atoms with van der Waals surface area (Å²) in [5.74, 6) is 3.24. The van der Waals surface area contributed by atoms with Crippen LogP contribution in [-0.2, 0) is 0 Å². The van der Waals surface area contributed by atoms with E-state index in [4.69, 9.17) is 0 Å². The van der Waals surface area contributed by atoms with E-state index in [9.17, 15) is 0 Å². The van der Waals surface area contributed by atoms with Crippen LogP contribution in [0.15, 0.2) is 0 Å². The first-order chi connectivity index (χ1) is 10.1. The van der Waals surface area contributed by atoms with Crippen molar-refractivity contribution in [1.82, 2.24) is 10.2 Å². The summed E-state index contributed by atoms with van der Waals surface area (Å²) < 4.78 is 0. The molecule has 2 nitrogen and oxygen atoms in total. The van der Waals surface area contributed by atoms with Crippen molar-refractivity contribution in [2.24, 2.45) is 23.2 Å². The van der Waals surface area contributed by atoms with Gasteiger partial charge in [-0.1, -0.05) is 0 Å². The summed E-state index contributed by atoms with van der Waals surface area (Å²) in [7, 11) is 0. The van der Waals surface area contributed by atoms with Crippen LogP contribution in [-0.4, -0.2) is 36.6 Å². The molecule has 2 heteroatoms. The molecule has 0 aromatic heterocycles. The quantitative estimate of drug-likeness (QED) is 0.831. The van der Waals surface area contributed by atoms with E-state index in [1.54, 1.807) is 19.3 Å². The predicted molar refractivity (Wildman–Crippen MR) is 88.3 cm³/mol. The summed E-state index contributed by atoms with van der Waals surface area (Å²) in [6, 6.07) is 1.46. The Labute approximate surface area is 131 Å². The molecule has 5 fully saturated rings. The minimum absolute atomic E-state index is 0.666. The third-order valence-electron chi connectivity index (χ3n) is 7.49. The molecule has 0 radical (unpaired) electrons. The SMILES string of the molecule is CC(CNC(C)C12CC3CC(CC(C3)C1)C2)N1CCCC1. The summed E-state index contributed by atoms with van der Waals surface area (Å²) in [5.41, 5.74) is 0.666. The smallest absolute Gasteiger partial charge is 0.0192 e. The van der Waals surface area contributed by atoms with Gasteiger partial charge in [0.1, 0.15) is 0 Å². The van der Waals surface area contributed by atoms with Gasteiger partial charge >= 0.3 is 0 Å². The fourth-order valence-electron chi connectivity index (χ4n) is 6.58. The molecule has 4 bridgehead atoms.